The zero-order valence-corrected chi connectivity index (χ0v) is 11.6. The minimum Gasteiger partial charge on any atom is -0.338 e. The van der Waals surface area contributed by atoms with Gasteiger partial charge in [-0.05, 0) is 36.2 Å². The molecule has 3 heteroatoms. The van der Waals surface area contributed by atoms with Crippen LogP contribution in [0.2, 0.25) is 0 Å². The Morgan fingerprint density at radius 2 is 1.90 bits per heavy atom. The third-order valence-corrected chi connectivity index (χ3v) is 3.84. The van der Waals surface area contributed by atoms with Gasteiger partial charge in [0.25, 0.3) is 0 Å². The molecule has 2 atom stereocenters. The summed E-state index contributed by atoms with van der Waals surface area (Å²) in [5, 5.41) is 0. The van der Waals surface area contributed by atoms with Crippen LogP contribution in [0, 0.1) is 5.92 Å². The Morgan fingerprint density at radius 3 is 2.65 bits per heavy atom. The molecule has 0 spiro atoms. The van der Waals surface area contributed by atoms with Crippen molar-refractivity contribution in [2.75, 3.05) is 6.54 Å². The van der Waals surface area contributed by atoms with Gasteiger partial charge in [-0.3, -0.25) is 4.98 Å². The molecular formula is C17H19N3. The fourth-order valence-electron chi connectivity index (χ4n) is 2.77. The van der Waals surface area contributed by atoms with Crippen molar-refractivity contribution in [3.05, 3.63) is 66.5 Å². The minimum absolute atomic E-state index is 0.239. The van der Waals surface area contributed by atoms with Gasteiger partial charge in [-0.2, -0.15) is 0 Å². The third-order valence-electron chi connectivity index (χ3n) is 3.84. The van der Waals surface area contributed by atoms with Crippen molar-refractivity contribution in [3.8, 4) is 0 Å². The van der Waals surface area contributed by atoms with E-state index in [1.54, 1.807) is 0 Å². The summed E-state index contributed by atoms with van der Waals surface area (Å²) in [5.74, 6) is 0.355. The molecule has 3 rings (SSSR count). The van der Waals surface area contributed by atoms with Crippen molar-refractivity contribution in [1.29, 1.82) is 0 Å². The van der Waals surface area contributed by atoms with E-state index in [0.29, 0.717) is 12.5 Å². The lowest BCUT2D eigenvalue weighted by molar-refractivity contribution is 0.424. The SMILES string of the molecule is CC(CN)C(c1ccccc1)n1ccc2ncccc21. The molecule has 0 saturated carbocycles. The van der Waals surface area contributed by atoms with E-state index in [2.05, 4.69) is 59.1 Å². The summed E-state index contributed by atoms with van der Waals surface area (Å²) in [6.45, 7) is 2.85. The monoisotopic (exact) mass is 265 g/mol. The molecule has 0 aliphatic rings. The van der Waals surface area contributed by atoms with Gasteiger partial charge < -0.3 is 10.3 Å². The van der Waals surface area contributed by atoms with Crippen molar-refractivity contribution >= 4 is 11.0 Å². The molecule has 2 aromatic heterocycles. The van der Waals surface area contributed by atoms with Crippen LogP contribution < -0.4 is 5.73 Å². The number of benzene rings is 1. The van der Waals surface area contributed by atoms with Gasteiger partial charge in [0.05, 0.1) is 17.1 Å². The quantitative estimate of drug-likeness (QED) is 0.787. The Hall–Kier alpha value is -2.13. The molecule has 0 amide bonds. The van der Waals surface area contributed by atoms with Gasteiger partial charge >= 0.3 is 0 Å². The first-order chi connectivity index (χ1) is 9.81. The molecule has 2 heterocycles. The molecule has 2 N–H and O–H groups in total. The molecule has 0 radical (unpaired) electrons. The smallest absolute Gasteiger partial charge is 0.0881 e. The largest absolute Gasteiger partial charge is 0.338 e. The first kappa shape index (κ1) is 12.9. The highest BCUT2D eigenvalue weighted by Crippen LogP contribution is 2.29. The van der Waals surface area contributed by atoms with Crippen LogP contribution in [0.15, 0.2) is 60.9 Å². The maximum Gasteiger partial charge on any atom is 0.0881 e. The summed E-state index contributed by atoms with van der Waals surface area (Å²) in [5.41, 5.74) is 9.40. The fraction of sp³-hybridized carbons (Fsp3) is 0.235. The van der Waals surface area contributed by atoms with Crippen molar-refractivity contribution in [3.63, 3.8) is 0 Å². The summed E-state index contributed by atoms with van der Waals surface area (Å²) < 4.78 is 2.29. The summed E-state index contributed by atoms with van der Waals surface area (Å²) in [7, 11) is 0. The van der Waals surface area contributed by atoms with Gasteiger partial charge in [-0.15, -0.1) is 0 Å². The molecule has 1 aromatic carbocycles. The van der Waals surface area contributed by atoms with E-state index in [-0.39, 0.29) is 6.04 Å². The molecule has 0 fully saturated rings. The predicted molar refractivity (Wildman–Crippen MR) is 82.5 cm³/mol. The third kappa shape index (κ3) is 2.21. The second-order valence-corrected chi connectivity index (χ2v) is 5.20. The molecule has 102 valence electrons. The van der Waals surface area contributed by atoms with Crippen molar-refractivity contribution in [1.82, 2.24) is 9.55 Å². The lowest BCUT2D eigenvalue weighted by Crippen LogP contribution is -2.24. The highest BCUT2D eigenvalue weighted by Gasteiger charge is 2.21. The highest BCUT2D eigenvalue weighted by molar-refractivity contribution is 5.75. The van der Waals surface area contributed by atoms with E-state index < -0.39 is 0 Å². The first-order valence-corrected chi connectivity index (χ1v) is 6.98. The number of nitrogens with zero attached hydrogens (tertiary/aromatic N) is 2. The lowest BCUT2D eigenvalue weighted by atomic mass is 9.94. The van der Waals surface area contributed by atoms with E-state index in [4.69, 9.17) is 5.73 Å². The predicted octanol–water partition coefficient (Wildman–Crippen LogP) is 3.22. The van der Waals surface area contributed by atoms with Crippen LogP contribution in [0.3, 0.4) is 0 Å². The maximum atomic E-state index is 5.93. The van der Waals surface area contributed by atoms with Gasteiger partial charge in [-0.1, -0.05) is 37.3 Å². The second-order valence-electron chi connectivity index (χ2n) is 5.20. The number of aromatic nitrogens is 2. The van der Waals surface area contributed by atoms with Gasteiger partial charge in [0.1, 0.15) is 0 Å². The van der Waals surface area contributed by atoms with Crippen LogP contribution in [-0.4, -0.2) is 16.1 Å². The van der Waals surface area contributed by atoms with Gasteiger partial charge in [-0.25, -0.2) is 0 Å². The average Bonchev–Trinajstić information content (AvgIpc) is 2.92. The summed E-state index contributed by atoms with van der Waals surface area (Å²) in [6, 6.07) is 16.9. The molecule has 0 aliphatic heterocycles. The molecule has 3 nitrogen and oxygen atoms in total. The highest BCUT2D eigenvalue weighted by atomic mass is 15.0. The number of pyridine rings is 1. The van der Waals surface area contributed by atoms with Crippen LogP contribution in [0.4, 0.5) is 0 Å². The Labute approximate surface area is 119 Å². The Morgan fingerprint density at radius 1 is 1.10 bits per heavy atom. The number of rotatable bonds is 4. The van der Waals surface area contributed by atoms with E-state index in [0.717, 1.165) is 11.0 Å². The van der Waals surface area contributed by atoms with Crippen LogP contribution in [-0.2, 0) is 0 Å². The standard InChI is InChI=1S/C17H19N3/c1-13(12-18)17(14-6-3-2-4-7-14)20-11-9-15-16(20)8-5-10-19-15/h2-11,13,17H,12,18H2,1H3. The summed E-state index contributed by atoms with van der Waals surface area (Å²) in [4.78, 5) is 4.41. The molecule has 20 heavy (non-hydrogen) atoms. The maximum absolute atomic E-state index is 5.93. The van der Waals surface area contributed by atoms with Crippen LogP contribution in [0.5, 0.6) is 0 Å². The minimum atomic E-state index is 0.239. The summed E-state index contributed by atoms with van der Waals surface area (Å²) in [6.07, 6.45) is 3.94. The number of hydrogen-bond acceptors (Lipinski definition) is 2. The molecule has 0 saturated heterocycles. The molecule has 2 unspecified atom stereocenters. The average molecular weight is 265 g/mol. The second kappa shape index (κ2) is 5.47. The van der Waals surface area contributed by atoms with Crippen molar-refractivity contribution in [2.45, 2.75) is 13.0 Å². The zero-order valence-electron chi connectivity index (χ0n) is 11.6. The number of hydrogen-bond donors (Lipinski definition) is 1. The van der Waals surface area contributed by atoms with Gasteiger partial charge in [0.2, 0.25) is 0 Å². The van der Waals surface area contributed by atoms with E-state index in [1.165, 1.54) is 5.56 Å². The molecule has 3 aromatic rings. The van der Waals surface area contributed by atoms with Crippen molar-refractivity contribution in [2.24, 2.45) is 11.7 Å². The molecular weight excluding hydrogens is 246 g/mol. The molecule has 0 aliphatic carbocycles. The Balaban J connectivity index is 2.15. The Bertz CT molecular complexity index is 688. The van der Waals surface area contributed by atoms with E-state index in [9.17, 15) is 0 Å². The Kier molecular flexibility index (Phi) is 3.52. The normalized spacial score (nSPS) is 14.3. The van der Waals surface area contributed by atoms with E-state index >= 15 is 0 Å². The fourth-order valence-corrected chi connectivity index (χ4v) is 2.77. The number of fused-ring (bicyclic) bond motifs is 1. The zero-order chi connectivity index (χ0) is 13.9. The topological polar surface area (TPSA) is 43.8 Å². The van der Waals surface area contributed by atoms with Crippen LogP contribution in [0.25, 0.3) is 11.0 Å². The van der Waals surface area contributed by atoms with E-state index in [1.807, 2.05) is 18.3 Å². The van der Waals surface area contributed by atoms with Crippen molar-refractivity contribution < 1.29 is 0 Å². The first-order valence-electron chi connectivity index (χ1n) is 6.98. The van der Waals surface area contributed by atoms with Crippen LogP contribution >= 0.6 is 0 Å². The van der Waals surface area contributed by atoms with Gasteiger partial charge in [0.15, 0.2) is 0 Å². The summed E-state index contributed by atoms with van der Waals surface area (Å²) >= 11 is 0. The molecule has 0 bridgehead atoms. The number of nitrogens with two attached hydrogens (primary N) is 1. The lowest BCUT2D eigenvalue weighted by Gasteiger charge is -2.26. The van der Waals surface area contributed by atoms with Gasteiger partial charge in [0, 0.05) is 12.4 Å². The van der Waals surface area contributed by atoms with Crippen LogP contribution in [0.1, 0.15) is 18.5 Å².